The third-order valence-electron chi connectivity index (χ3n) is 2.98. The number of ether oxygens (including phenoxy) is 1. The molecule has 6 nitrogen and oxygen atoms in total. The molecule has 0 radical (unpaired) electrons. The molecule has 0 spiro atoms. The first-order valence-corrected chi connectivity index (χ1v) is 6.60. The van der Waals surface area contributed by atoms with Crippen LogP contribution in [0.1, 0.15) is 12.0 Å². The van der Waals surface area contributed by atoms with E-state index >= 15 is 0 Å². The monoisotopic (exact) mass is 287 g/mol. The third-order valence-corrected chi connectivity index (χ3v) is 2.98. The van der Waals surface area contributed by atoms with Crippen molar-refractivity contribution in [2.45, 2.75) is 19.5 Å². The van der Waals surface area contributed by atoms with Gasteiger partial charge in [0, 0.05) is 44.0 Å². The number of methoxy groups -OCH3 is 1. The van der Waals surface area contributed by atoms with Gasteiger partial charge in [0.25, 0.3) is 5.56 Å². The van der Waals surface area contributed by atoms with Crippen LogP contribution in [0.25, 0.3) is 0 Å². The van der Waals surface area contributed by atoms with Crippen LogP contribution in [0.3, 0.4) is 0 Å². The highest BCUT2D eigenvalue weighted by Gasteiger charge is 2.03. The quantitative estimate of drug-likeness (QED) is 0.859. The average Bonchev–Trinajstić information content (AvgIpc) is 2.52. The maximum atomic E-state index is 11.8. The lowest BCUT2D eigenvalue weighted by atomic mass is 10.2. The lowest BCUT2D eigenvalue weighted by Crippen LogP contribution is -2.26. The summed E-state index contributed by atoms with van der Waals surface area (Å²) in [5.74, 6) is 0.426. The Morgan fingerprint density at radius 2 is 2.19 bits per heavy atom. The van der Waals surface area contributed by atoms with E-state index in [4.69, 9.17) is 4.74 Å². The maximum Gasteiger partial charge on any atom is 0.250 e. The number of hydrogen-bond donors (Lipinski definition) is 1. The average molecular weight is 287 g/mol. The summed E-state index contributed by atoms with van der Waals surface area (Å²) in [6, 6.07) is 8.50. The molecule has 21 heavy (non-hydrogen) atoms. The molecular weight excluding hydrogens is 270 g/mol. The predicted molar refractivity (Wildman–Crippen MR) is 78.0 cm³/mol. The van der Waals surface area contributed by atoms with Gasteiger partial charge in [-0.3, -0.25) is 9.59 Å². The van der Waals surface area contributed by atoms with Gasteiger partial charge in [0.2, 0.25) is 11.8 Å². The summed E-state index contributed by atoms with van der Waals surface area (Å²) in [6.07, 6.45) is 3.58. The molecule has 2 rings (SSSR count). The van der Waals surface area contributed by atoms with E-state index in [1.807, 2.05) is 6.07 Å². The second-order valence-corrected chi connectivity index (χ2v) is 4.47. The first-order valence-electron chi connectivity index (χ1n) is 6.60. The van der Waals surface area contributed by atoms with Gasteiger partial charge in [-0.2, -0.15) is 0 Å². The van der Waals surface area contributed by atoms with Gasteiger partial charge in [-0.15, -0.1) is 0 Å². The van der Waals surface area contributed by atoms with Gasteiger partial charge in [-0.25, -0.2) is 4.98 Å². The largest absolute Gasteiger partial charge is 0.481 e. The molecule has 0 aliphatic heterocycles. The van der Waals surface area contributed by atoms with Gasteiger partial charge in [-0.1, -0.05) is 12.1 Å². The van der Waals surface area contributed by atoms with Crippen molar-refractivity contribution in [1.82, 2.24) is 14.9 Å². The molecule has 110 valence electrons. The minimum Gasteiger partial charge on any atom is -0.481 e. The standard InChI is InChI=1S/C15H17N3O3/c1-21-14-6-5-12(11-17-14)10-16-13(19)7-9-18-8-3-2-4-15(18)20/h2-6,8,11H,7,9-10H2,1H3,(H,16,19). The highest BCUT2D eigenvalue weighted by molar-refractivity contribution is 5.75. The normalized spacial score (nSPS) is 10.1. The number of nitrogens with one attached hydrogen (secondary N) is 1. The Morgan fingerprint density at radius 3 is 2.86 bits per heavy atom. The van der Waals surface area contributed by atoms with Crippen LogP contribution in [-0.4, -0.2) is 22.6 Å². The van der Waals surface area contributed by atoms with E-state index in [0.29, 0.717) is 19.0 Å². The number of amides is 1. The van der Waals surface area contributed by atoms with Crippen LogP contribution in [0.15, 0.2) is 47.5 Å². The predicted octanol–water partition coefficient (Wildman–Crippen LogP) is 0.958. The molecule has 6 heteroatoms. The molecule has 1 amide bonds. The first-order chi connectivity index (χ1) is 10.2. The van der Waals surface area contributed by atoms with E-state index in [-0.39, 0.29) is 17.9 Å². The van der Waals surface area contributed by atoms with Crippen LogP contribution in [0.2, 0.25) is 0 Å². The van der Waals surface area contributed by atoms with Gasteiger partial charge in [0.05, 0.1) is 7.11 Å². The Kier molecular flexibility index (Phi) is 5.09. The Hall–Kier alpha value is -2.63. The van der Waals surface area contributed by atoms with Gasteiger partial charge in [-0.05, 0) is 11.6 Å². The molecular formula is C15H17N3O3. The Bertz CT molecular complexity index is 650. The van der Waals surface area contributed by atoms with E-state index in [1.54, 1.807) is 37.7 Å². The summed E-state index contributed by atoms with van der Waals surface area (Å²) in [7, 11) is 1.55. The molecule has 0 aliphatic carbocycles. The Balaban J connectivity index is 1.79. The molecule has 0 saturated heterocycles. The number of carbonyl (C=O) groups is 1. The van der Waals surface area contributed by atoms with Crippen molar-refractivity contribution < 1.29 is 9.53 Å². The summed E-state index contributed by atoms with van der Waals surface area (Å²) < 4.78 is 6.47. The zero-order valence-corrected chi connectivity index (χ0v) is 11.8. The van der Waals surface area contributed by atoms with Crippen LogP contribution in [0.5, 0.6) is 5.88 Å². The number of nitrogens with zero attached hydrogens (tertiary/aromatic N) is 2. The molecule has 2 aromatic rings. The molecule has 0 aromatic carbocycles. The minimum atomic E-state index is -0.110. The van der Waals surface area contributed by atoms with Crippen LogP contribution >= 0.6 is 0 Å². The zero-order valence-electron chi connectivity index (χ0n) is 11.8. The van der Waals surface area contributed by atoms with Crippen LogP contribution in [0, 0.1) is 0 Å². The molecule has 0 atom stereocenters. The van der Waals surface area contributed by atoms with E-state index in [0.717, 1.165) is 5.56 Å². The molecule has 2 heterocycles. The second-order valence-electron chi connectivity index (χ2n) is 4.47. The molecule has 1 N–H and O–H groups in total. The smallest absolute Gasteiger partial charge is 0.250 e. The first kappa shape index (κ1) is 14.8. The number of carbonyl (C=O) groups excluding carboxylic acids is 1. The molecule has 0 saturated carbocycles. The Morgan fingerprint density at radius 1 is 1.33 bits per heavy atom. The Labute approximate surface area is 122 Å². The molecule has 0 aliphatic rings. The lowest BCUT2D eigenvalue weighted by molar-refractivity contribution is -0.121. The summed E-state index contributed by atoms with van der Waals surface area (Å²) in [5.41, 5.74) is 0.783. The van der Waals surface area contributed by atoms with E-state index in [9.17, 15) is 9.59 Å². The van der Waals surface area contributed by atoms with Gasteiger partial charge in [0.15, 0.2) is 0 Å². The number of rotatable bonds is 6. The van der Waals surface area contributed by atoms with Crippen molar-refractivity contribution in [3.8, 4) is 5.88 Å². The van der Waals surface area contributed by atoms with Crippen LogP contribution in [0.4, 0.5) is 0 Å². The maximum absolute atomic E-state index is 11.8. The van der Waals surface area contributed by atoms with Gasteiger partial charge < -0.3 is 14.6 Å². The van der Waals surface area contributed by atoms with Crippen molar-refractivity contribution in [2.75, 3.05) is 7.11 Å². The summed E-state index contributed by atoms with van der Waals surface area (Å²) in [4.78, 5) is 27.3. The van der Waals surface area contributed by atoms with Crippen molar-refractivity contribution >= 4 is 5.91 Å². The number of hydrogen-bond acceptors (Lipinski definition) is 4. The highest BCUT2D eigenvalue weighted by atomic mass is 16.5. The van der Waals surface area contributed by atoms with Crippen molar-refractivity contribution in [3.63, 3.8) is 0 Å². The van der Waals surface area contributed by atoms with Crippen molar-refractivity contribution in [2.24, 2.45) is 0 Å². The van der Waals surface area contributed by atoms with Gasteiger partial charge >= 0.3 is 0 Å². The summed E-state index contributed by atoms with van der Waals surface area (Å²) in [5, 5.41) is 2.79. The second kappa shape index (κ2) is 7.23. The number of aromatic nitrogens is 2. The fourth-order valence-electron chi connectivity index (χ4n) is 1.79. The van der Waals surface area contributed by atoms with Crippen LogP contribution in [-0.2, 0) is 17.9 Å². The summed E-state index contributed by atoms with van der Waals surface area (Å²) >= 11 is 0. The van der Waals surface area contributed by atoms with Crippen molar-refractivity contribution in [1.29, 1.82) is 0 Å². The molecule has 2 aromatic heterocycles. The molecule has 0 unspecified atom stereocenters. The fraction of sp³-hybridized carbons (Fsp3) is 0.267. The summed E-state index contributed by atoms with van der Waals surface area (Å²) in [6.45, 7) is 0.770. The van der Waals surface area contributed by atoms with Gasteiger partial charge in [0.1, 0.15) is 0 Å². The third kappa shape index (κ3) is 4.45. The van der Waals surface area contributed by atoms with E-state index < -0.39 is 0 Å². The van der Waals surface area contributed by atoms with E-state index in [2.05, 4.69) is 10.3 Å². The minimum absolute atomic E-state index is 0.107. The molecule has 0 fully saturated rings. The SMILES string of the molecule is COc1ccc(CNC(=O)CCn2ccccc2=O)cn1. The van der Waals surface area contributed by atoms with Crippen LogP contribution < -0.4 is 15.6 Å². The van der Waals surface area contributed by atoms with E-state index in [1.165, 1.54) is 10.6 Å². The lowest BCUT2D eigenvalue weighted by Gasteiger charge is -2.07. The fourth-order valence-corrected chi connectivity index (χ4v) is 1.79. The highest BCUT2D eigenvalue weighted by Crippen LogP contribution is 2.06. The number of pyridine rings is 2. The topological polar surface area (TPSA) is 73.2 Å². The molecule has 0 bridgehead atoms. The number of aryl methyl sites for hydroxylation is 1. The zero-order chi connectivity index (χ0) is 15.1. The van der Waals surface area contributed by atoms with Crippen molar-refractivity contribution in [3.05, 3.63) is 58.6 Å².